The zero-order valence-electron chi connectivity index (χ0n) is 14.4. The van der Waals surface area contributed by atoms with Crippen molar-refractivity contribution in [2.24, 2.45) is 0 Å². The van der Waals surface area contributed by atoms with Crippen LogP contribution in [-0.2, 0) is 6.54 Å². The second kappa shape index (κ2) is 7.11. The third-order valence-electron chi connectivity index (χ3n) is 4.63. The highest BCUT2D eigenvalue weighted by atomic mass is 15.1. The number of aromatic nitrogens is 5. The molecule has 3 aromatic heterocycles. The van der Waals surface area contributed by atoms with E-state index in [9.17, 15) is 0 Å². The summed E-state index contributed by atoms with van der Waals surface area (Å²) in [6.45, 7) is 4.98. The summed E-state index contributed by atoms with van der Waals surface area (Å²) in [6.07, 6.45) is 9.66. The molecule has 25 heavy (non-hydrogen) atoms. The van der Waals surface area contributed by atoms with E-state index in [0.717, 1.165) is 54.7 Å². The second-order valence-electron chi connectivity index (χ2n) is 6.64. The normalized spacial score (nSPS) is 18.4. The van der Waals surface area contributed by atoms with Gasteiger partial charge in [-0.15, -0.1) is 0 Å². The number of likely N-dealkylation sites (tertiary alicyclic amines) is 1. The summed E-state index contributed by atoms with van der Waals surface area (Å²) >= 11 is 0. The lowest BCUT2D eigenvalue weighted by molar-refractivity contribution is 0.196. The quantitative estimate of drug-likeness (QED) is 0.794. The molecular formula is C19H22N6. The molecule has 1 saturated heterocycles. The van der Waals surface area contributed by atoms with E-state index < -0.39 is 0 Å². The Kier molecular flexibility index (Phi) is 4.52. The summed E-state index contributed by atoms with van der Waals surface area (Å²) in [6, 6.07) is 6.09. The number of nitrogens with one attached hydrogen (secondary N) is 1. The van der Waals surface area contributed by atoms with Gasteiger partial charge in [0.15, 0.2) is 5.82 Å². The lowest BCUT2D eigenvalue weighted by Crippen LogP contribution is -2.34. The van der Waals surface area contributed by atoms with Crippen LogP contribution in [0.5, 0.6) is 0 Å². The van der Waals surface area contributed by atoms with Crippen LogP contribution in [-0.4, -0.2) is 42.9 Å². The van der Waals surface area contributed by atoms with Crippen molar-refractivity contribution in [3.8, 4) is 11.5 Å². The number of hydrogen-bond acceptors (Lipinski definition) is 5. The third-order valence-corrected chi connectivity index (χ3v) is 4.63. The van der Waals surface area contributed by atoms with Crippen molar-refractivity contribution >= 4 is 0 Å². The van der Waals surface area contributed by atoms with Gasteiger partial charge in [0, 0.05) is 43.3 Å². The molecule has 128 valence electrons. The number of imidazole rings is 1. The number of H-pyrrole nitrogens is 1. The molecule has 0 radical (unpaired) electrons. The Bertz CT molecular complexity index is 829. The average Bonchev–Trinajstić information content (AvgIpc) is 3.09. The fourth-order valence-corrected chi connectivity index (χ4v) is 3.40. The fraction of sp³-hybridized carbons (Fsp3) is 0.368. The van der Waals surface area contributed by atoms with Crippen molar-refractivity contribution < 1.29 is 0 Å². The first-order chi connectivity index (χ1) is 12.3. The monoisotopic (exact) mass is 334 g/mol. The van der Waals surface area contributed by atoms with Crippen molar-refractivity contribution in [1.29, 1.82) is 0 Å². The minimum atomic E-state index is 0.404. The molecule has 6 nitrogen and oxygen atoms in total. The number of aryl methyl sites for hydroxylation is 1. The van der Waals surface area contributed by atoms with Crippen molar-refractivity contribution in [3.63, 3.8) is 0 Å². The van der Waals surface area contributed by atoms with Crippen LogP contribution in [0.2, 0.25) is 0 Å². The molecule has 1 N–H and O–H groups in total. The summed E-state index contributed by atoms with van der Waals surface area (Å²) in [5.74, 6) is 1.19. The first kappa shape index (κ1) is 15.9. The SMILES string of the molecule is Cc1cnc(-c2cncc([C@@H]3CCCN(Cc4ccccn4)C3)n2)[nH]1. The van der Waals surface area contributed by atoms with E-state index in [1.54, 1.807) is 6.20 Å². The van der Waals surface area contributed by atoms with Crippen LogP contribution in [0.3, 0.4) is 0 Å². The molecule has 1 aliphatic rings. The number of aromatic amines is 1. The van der Waals surface area contributed by atoms with Gasteiger partial charge in [-0.25, -0.2) is 9.97 Å². The van der Waals surface area contributed by atoms with Crippen LogP contribution < -0.4 is 0 Å². The highest BCUT2D eigenvalue weighted by Crippen LogP contribution is 2.27. The first-order valence-electron chi connectivity index (χ1n) is 8.74. The molecule has 0 saturated carbocycles. The van der Waals surface area contributed by atoms with Gasteiger partial charge in [0.05, 0.1) is 17.6 Å². The van der Waals surface area contributed by atoms with Crippen LogP contribution in [0.25, 0.3) is 11.5 Å². The lowest BCUT2D eigenvalue weighted by atomic mass is 9.95. The van der Waals surface area contributed by atoms with Gasteiger partial charge >= 0.3 is 0 Å². The van der Waals surface area contributed by atoms with Gasteiger partial charge in [-0.2, -0.15) is 0 Å². The number of piperidine rings is 1. The Balaban J connectivity index is 1.49. The Morgan fingerprint density at radius 2 is 2.16 bits per heavy atom. The van der Waals surface area contributed by atoms with Crippen LogP contribution in [0.4, 0.5) is 0 Å². The van der Waals surface area contributed by atoms with Crippen LogP contribution in [0.15, 0.2) is 43.0 Å². The average molecular weight is 334 g/mol. The smallest absolute Gasteiger partial charge is 0.157 e. The molecule has 1 atom stereocenters. The third kappa shape index (κ3) is 3.74. The molecule has 0 aromatic carbocycles. The number of hydrogen-bond donors (Lipinski definition) is 1. The summed E-state index contributed by atoms with van der Waals surface area (Å²) in [5, 5.41) is 0. The Hall–Kier alpha value is -2.60. The minimum absolute atomic E-state index is 0.404. The van der Waals surface area contributed by atoms with E-state index in [4.69, 9.17) is 4.98 Å². The maximum absolute atomic E-state index is 4.82. The molecule has 0 amide bonds. The van der Waals surface area contributed by atoms with Crippen LogP contribution >= 0.6 is 0 Å². The standard InChI is InChI=1S/C19H22N6/c1-14-9-22-19(23-14)18-11-20-10-17(24-18)15-5-4-8-25(12-15)13-16-6-2-3-7-21-16/h2-3,6-7,9-11,15H,4-5,8,12-13H2,1H3,(H,22,23)/t15-/m1/s1. The minimum Gasteiger partial charge on any atom is -0.341 e. The summed E-state index contributed by atoms with van der Waals surface area (Å²) in [4.78, 5) is 23.7. The summed E-state index contributed by atoms with van der Waals surface area (Å²) in [7, 11) is 0. The molecule has 0 bridgehead atoms. The number of pyridine rings is 1. The zero-order chi connectivity index (χ0) is 17.1. The second-order valence-corrected chi connectivity index (χ2v) is 6.64. The maximum atomic E-state index is 4.82. The molecule has 4 rings (SSSR count). The maximum Gasteiger partial charge on any atom is 0.157 e. The van der Waals surface area contributed by atoms with Gasteiger partial charge < -0.3 is 4.98 Å². The van der Waals surface area contributed by atoms with Crippen LogP contribution in [0.1, 0.15) is 35.8 Å². The predicted octanol–water partition coefficient (Wildman–Crippen LogP) is 2.95. The molecule has 4 heterocycles. The molecule has 6 heteroatoms. The van der Waals surface area contributed by atoms with E-state index in [0.29, 0.717) is 5.92 Å². The Morgan fingerprint density at radius 1 is 1.20 bits per heavy atom. The van der Waals surface area contributed by atoms with Crippen molar-refractivity contribution in [3.05, 3.63) is 60.1 Å². The molecule has 0 unspecified atom stereocenters. The van der Waals surface area contributed by atoms with Crippen molar-refractivity contribution in [2.45, 2.75) is 32.2 Å². The molecule has 0 aliphatic carbocycles. The fourth-order valence-electron chi connectivity index (χ4n) is 3.40. The van der Waals surface area contributed by atoms with Crippen molar-refractivity contribution in [1.82, 2.24) is 29.8 Å². The van der Waals surface area contributed by atoms with Gasteiger partial charge in [0.1, 0.15) is 5.69 Å². The number of rotatable bonds is 4. The molecule has 3 aromatic rings. The summed E-state index contributed by atoms with van der Waals surface area (Å²) < 4.78 is 0. The highest BCUT2D eigenvalue weighted by molar-refractivity contribution is 5.48. The van der Waals surface area contributed by atoms with E-state index in [2.05, 4.69) is 30.9 Å². The van der Waals surface area contributed by atoms with E-state index in [-0.39, 0.29) is 0 Å². The highest BCUT2D eigenvalue weighted by Gasteiger charge is 2.23. The number of nitrogens with zero attached hydrogens (tertiary/aromatic N) is 5. The first-order valence-corrected chi connectivity index (χ1v) is 8.74. The van der Waals surface area contributed by atoms with E-state index in [1.807, 2.05) is 37.6 Å². The Labute approximate surface area is 147 Å². The van der Waals surface area contributed by atoms with Gasteiger partial charge in [-0.3, -0.25) is 14.9 Å². The largest absolute Gasteiger partial charge is 0.341 e. The van der Waals surface area contributed by atoms with Crippen LogP contribution in [0, 0.1) is 6.92 Å². The summed E-state index contributed by atoms with van der Waals surface area (Å²) in [5.41, 5.74) is 4.01. The van der Waals surface area contributed by atoms with Gasteiger partial charge in [-0.05, 0) is 38.4 Å². The molecule has 0 spiro atoms. The van der Waals surface area contributed by atoms with Crippen molar-refractivity contribution in [2.75, 3.05) is 13.1 Å². The Morgan fingerprint density at radius 3 is 2.96 bits per heavy atom. The van der Waals surface area contributed by atoms with E-state index >= 15 is 0 Å². The zero-order valence-corrected chi connectivity index (χ0v) is 14.4. The lowest BCUT2D eigenvalue weighted by Gasteiger charge is -2.32. The van der Waals surface area contributed by atoms with Gasteiger partial charge in [0.25, 0.3) is 0 Å². The predicted molar refractivity (Wildman–Crippen MR) is 95.8 cm³/mol. The van der Waals surface area contributed by atoms with Gasteiger partial charge in [0.2, 0.25) is 0 Å². The molecule has 1 aliphatic heterocycles. The van der Waals surface area contributed by atoms with Gasteiger partial charge in [-0.1, -0.05) is 6.07 Å². The molecular weight excluding hydrogens is 312 g/mol. The topological polar surface area (TPSA) is 70.6 Å². The molecule has 1 fully saturated rings. The van der Waals surface area contributed by atoms with E-state index in [1.165, 1.54) is 6.42 Å².